The van der Waals surface area contributed by atoms with Gasteiger partial charge in [0.15, 0.2) is 0 Å². The molecule has 2 rings (SSSR count). The van der Waals surface area contributed by atoms with Crippen LogP contribution in [0.5, 0.6) is 0 Å². The normalized spacial score (nSPS) is 25.9. The fourth-order valence-electron chi connectivity index (χ4n) is 2.32. The van der Waals surface area contributed by atoms with E-state index >= 15 is 0 Å². The van der Waals surface area contributed by atoms with Crippen molar-refractivity contribution in [1.29, 1.82) is 0 Å². The average Bonchev–Trinajstić information content (AvgIpc) is 2.81. The highest BCUT2D eigenvalue weighted by Gasteiger charge is 2.60. The third-order valence-electron chi connectivity index (χ3n) is 3.62. The maximum absolute atomic E-state index is 11.1. The van der Waals surface area contributed by atoms with Crippen LogP contribution in [0.3, 0.4) is 0 Å². The second-order valence-electron chi connectivity index (χ2n) is 5.18. The van der Waals surface area contributed by atoms with Crippen LogP contribution in [0.25, 0.3) is 5.03 Å². The molecule has 0 spiro atoms. The zero-order valence-corrected chi connectivity index (χ0v) is 11.7. The van der Waals surface area contributed by atoms with Crippen molar-refractivity contribution >= 4 is 34.2 Å². The molecule has 1 fully saturated rings. The Balaban J connectivity index is 2.20. The lowest BCUT2D eigenvalue weighted by Gasteiger charge is -2.01. The Labute approximate surface area is 116 Å². The molecule has 4 heteroatoms. The maximum Gasteiger partial charge on any atom is 0.307 e. The van der Waals surface area contributed by atoms with E-state index in [9.17, 15) is 4.79 Å². The van der Waals surface area contributed by atoms with Gasteiger partial charge in [0.1, 0.15) is 0 Å². The van der Waals surface area contributed by atoms with Gasteiger partial charge in [-0.25, -0.2) is 0 Å². The van der Waals surface area contributed by atoms with Gasteiger partial charge >= 0.3 is 5.97 Å². The summed E-state index contributed by atoms with van der Waals surface area (Å²) in [6.45, 7) is 3.89. The molecule has 0 unspecified atom stereocenters. The Kier molecular flexibility index (Phi) is 3.43. The molecule has 1 aromatic rings. The average molecular weight is 285 g/mol. The van der Waals surface area contributed by atoms with E-state index in [1.54, 1.807) is 12.1 Å². The number of benzene rings is 1. The quantitative estimate of drug-likeness (QED) is 0.900. The SMILES string of the molecule is CC1(C)[C@H](/C=C(/Cl)c2ccc(Cl)cc2)[C@@H]1C(=O)O. The van der Waals surface area contributed by atoms with Crippen LogP contribution >= 0.6 is 23.2 Å². The smallest absolute Gasteiger partial charge is 0.307 e. The molecule has 1 aromatic carbocycles. The van der Waals surface area contributed by atoms with Crippen molar-refractivity contribution < 1.29 is 9.90 Å². The number of rotatable bonds is 3. The molecule has 0 radical (unpaired) electrons. The molecule has 96 valence electrons. The Morgan fingerprint density at radius 2 is 1.89 bits per heavy atom. The van der Waals surface area contributed by atoms with Gasteiger partial charge in [0.05, 0.1) is 5.92 Å². The van der Waals surface area contributed by atoms with Crippen molar-refractivity contribution in [3.05, 3.63) is 40.9 Å². The molecule has 1 saturated carbocycles. The molecule has 0 heterocycles. The van der Waals surface area contributed by atoms with Gasteiger partial charge in [0.25, 0.3) is 0 Å². The number of halogens is 2. The highest BCUT2D eigenvalue weighted by atomic mass is 35.5. The lowest BCUT2D eigenvalue weighted by atomic mass is 10.1. The fourth-order valence-corrected chi connectivity index (χ4v) is 2.71. The van der Waals surface area contributed by atoms with Gasteiger partial charge in [-0.3, -0.25) is 4.79 Å². The van der Waals surface area contributed by atoms with Gasteiger partial charge in [0, 0.05) is 10.1 Å². The minimum atomic E-state index is -0.762. The Hall–Kier alpha value is -0.990. The first-order valence-electron chi connectivity index (χ1n) is 5.70. The zero-order chi connectivity index (χ0) is 13.5. The summed E-state index contributed by atoms with van der Waals surface area (Å²) in [4.78, 5) is 11.1. The number of hydrogen-bond acceptors (Lipinski definition) is 1. The summed E-state index contributed by atoms with van der Waals surface area (Å²) in [5, 5.41) is 10.3. The molecule has 1 aliphatic rings. The third kappa shape index (κ3) is 2.40. The van der Waals surface area contributed by atoms with Crippen molar-refractivity contribution in [1.82, 2.24) is 0 Å². The van der Waals surface area contributed by atoms with Crippen LogP contribution in [0.1, 0.15) is 19.4 Å². The van der Waals surface area contributed by atoms with E-state index in [-0.39, 0.29) is 17.3 Å². The van der Waals surface area contributed by atoms with Crippen LogP contribution in [0.4, 0.5) is 0 Å². The second kappa shape index (κ2) is 4.60. The van der Waals surface area contributed by atoms with Gasteiger partial charge in [0.2, 0.25) is 0 Å². The standard InChI is InChI=1S/C14H14Cl2O2/c1-14(2)10(12(14)13(17)18)7-11(16)8-3-5-9(15)6-4-8/h3-7,10,12H,1-2H3,(H,17,18)/b11-7+/t10-,12-/m1/s1. The van der Waals surface area contributed by atoms with Gasteiger partial charge < -0.3 is 5.11 Å². The summed E-state index contributed by atoms with van der Waals surface area (Å²) in [7, 11) is 0. The summed E-state index contributed by atoms with van der Waals surface area (Å²) in [6, 6.07) is 7.18. The Morgan fingerprint density at radius 1 is 1.33 bits per heavy atom. The van der Waals surface area contributed by atoms with Gasteiger partial charge in [-0.1, -0.05) is 55.3 Å². The first-order valence-corrected chi connectivity index (χ1v) is 6.45. The molecular weight excluding hydrogens is 271 g/mol. The summed E-state index contributed by atoms with van der Waals surface area (Å²) >= 11 is 12.0. The second-order valence-corrected chi connectivity index (χ2v) is 6.03. The zero-order valence-electron chi connectivity index (χ0n) is 10.2. The van der Waals surface area contributed by atoms with E-state index in [1.165, 1.54) is 0 Å². The van der Waals surface area contributed by atoms with Crippen LogP contribution < -0.4 is 0 Å². The number of hydrogen-bond donors (Lipinski definition) is 1. The fraction of sp³-hybridized carbons (Fsp3) is 0.357. The van der Waals surface area contributed by atoms with Gasteiger partial charge in [-0.2, -0.15) is 0 Å². The number of carboxylic acids is 1. The molecule has 1 aliphatic carbocycles. The van der Waals surface area contributed by atoms with E-state index in [1.807, 2.05) is 32.1 Å². The van der Waals surface area contributed by atoms with Gasteiger partial charge in [-0.05, 0) is 29.0 Å². The van der Waals surface area contributed by atoms with Crippen LogP contribution in [-0.2, 0) is 4.79 Å². The molecule has 2 atom stereocenters. The monoisotopic (exact) mass is 284 g/mol. The van der Waals surface area contributed by atoms with Crippen LogP contribution in [0, 0.1) is 17.3 Å². The first kappa shape index (κ1) is 13.4. The third-order valence-corrected chi connectivity index (χ3v) is 4.22. The minimum absolute atomic E-state index is 0.0156. The van der Waals surface area contributed by atoms with Gasteiger partial charge in [-0.15, -0.1) is 0 Å². The van der Waals surface area contributed by atoms with E-state index in [0.29, 0.717) is 10.1 Å². The number of aliphatic carboxylic acids is 1. The molecule has 0 saturated heterocycles. The topological polar surface area (TPSA) is 37.3 Å². The number of carbonyl (C=O) groups is 1. The largest absolute Gasteiger partial charge is 0.481 e. The van der Waals surface area contributed by atoms with E-state index in [2.05, 4.69) is 0 Å². The predicted octanol–water partition coefficient (Wildman–Crippen LogP) is 4.28. The Morgan fingerprint density at radius 3 is 2.33 bits per heavy atom. The highest BCUT2D eigenvalue weighted by Crippen LogP contribution is 2.59. The summed E-state index contributed by atoms with van der Waals surface area (Å²) in [5.74, 6) is -1.13. The molecule has 1 N–H and O–H groups in total. The highest BCUT2D eigenvalue weighted by molar-refractivity contribution is 6.48. The number of allylic oxidation sites excluding steroid dienone is 1. The van der Waals surface area contributed by atoms with Crippen molar-refractivity contribution in [3.63, 3.8) is 0 Å². The lowest BCUT2D eigenvalue weighted by molar-refractivity contribution is -0.139. The van der Waals surface area contributed by atoms with Crippen LogP contribution in [0.2, 0.25) is 5.02 Å². The molecule has 0 bridgehead atoms. The van der Waals surface area contributed by atoms with Crippen molar-refractivity contribution in [2.45, 2.75) is 13.8 Å². The van der Waals surface area contributed by atoms with Crippen LogP contribution in [0.15, 0.2) is 30.3 Å². The molecule has 0 amide bonds. The van der Waals surface area contributed by atoms with E-state index < -0.39 is 5.97 Å². The van der Waals surface area contributed by atoms with Crippen molar-refractivity contribution in [2.75, 3.05) is 0 Å². The minimum Gasteiger partial charge on any atom is -0.481 e. The molecule has 2 nitrogen and oxygen atoms in total. The molecule has 0 aromatic heterocycles. The lowest BCUT2D eigenvalue weighted by Crippen LogP contribution is -2.03. The maximum atomic E-state index is 11.1. The summed E-state index contributed by atoms with van der Waals surface area (Å²) in [5.41, 5.74) is 0.631. The Bertz CT molecular complexity index is 503. The number of carboxylic acid groups (broad SMARTS) is 1. The molecular formula is C14H14Cl2O2. The van der Waals surface area contributed by atoms with E-state index in [0.717, 1.165) is 5.56 Å². The summed E-state index contributed by atoms with van der Waals surface area (Å²) in [6.07, 6.45) is 1.84. The summed E-state index contributed by atoms with van der Waals surface area (Å²) < 4.78 is 0. The van der Waals surface area contributed by atoms with Crippen molar-refractivity contribution in [2.24, 2.45) is 17.3 Å². The predicted molar refractivity (Wildman–Crippen MR) is 73.7 cm³/mol. The van der Waals surface area contributed by atoms with Crippen molar-refractivity contribution in [3.8, 4) is 0 Å². The van der Waals surface area contributed by atoms with Crippen LogP contribution in [-0.4, -0.2) is 11.1 Å². The molecule has 18 heavy (non-hydrogen) atoms. The first-order chi connectivity index (χ1) is 8.34. The molecule has 0 aliphatic heterocycles. The van der Waals surface area contributed by atoms with E-state index in [4.69, 9.17) is 28.3 Å².